The summed E-state index contributed by atoms with van der Waals surface area (Å²) in [7, 11) is 0. The second-order valence-electron chi connectivity index (χ2n) is 4.18. The Kier molecular flexibility index (Phi) is 0.961. The summed E-state index contributed by atoms with van der Waals surface area (Å²) in [5.74, 6) is 3.25. The van der Waals surface area contributed by atoms with Crippen LogP contribution in [0, 0.1) is 23.7 Å². The van der Waals surface area contributed by atoms with Crippen LogP contribution in [0.15, 0.2) is 12.2 Å². The van der Waals surface area contributed by atoms with Crippen molar-refractivity contribution < 1.29 is 4.79 Å². The lowest BCUT2D eigenvalue weighted by Gasteiger charge is -2.22. The summed E-state index contributed by atoms with van der Waals surface area (Å²) in [4.78, 5) is 11.3. The molecule has 0 spiro atoms. The Labute approximate surface area is 66.5 Å². The quantitative estimate of drug-likeness (QED) is 0.479. The minimum absolute atomic E-state index is 0.434. The molecule has 2 saturated carbocycles. The molecule has 0 saturated heterocycles. The van der Waals surface area contributed by atoms with Crippen molar-refractivity contribution in [2.24, 2.45) is 23.7 Å². The summed E-state index contributed by atoms with van der Waals surface area (Å²) in [6.07, 6.45) is 7.91. The molecule has 0 heterocycles. The molecule has 0 aromatic rings. The Balaban J connectivity index is 2.00. The molecule has 2 bridgehead atoms. The molecule has 3 rings (SSSR count). The van der Waals surface area contributed by atoms with Crippen LogP contribution in [-0.4, -0.2) is 5.78 Å². The van der Waals surface area contributed by atoms with Crippen LogP contribution in [0.4, 0.5) is 0 Å². The number of allylic oxidation sites excluding steroid dienone is 2. The lowest BCUT2D eigenvalue weighted by atomic mass is 9.81. The maximum Gasteiger partial charge on any atom is 0.136 e. The fourth-order valence-corrected chi connectivity index (χ4v) is 3.28. The summed E-state index contributed by atoms with van der Waals surface area (Å²) in [6, 6.07) is 0. The number of hydrogen-bond acceptors (Lipinski definition) is 1. The van der Waals surface area contributed by atoms with Crippen LogP contribution < -0.4 is 0 Å². The van der Waals surface area contributed by atoms with Gasteiger partial charge in [0.25, 0.3) is 0 Å². The standard InChI is InChI=1S/C10H12O/c11-10-5-6-4-9(10)8-3-1-2-7(6)8/h1,3,6-9H,2,4-5H2/t6-,7-,8-,9-/m0/s1. The lowest BCUT2D eigenvalue weighted by Crippen LogP contribution is -2.23. The van der Waals surface area contributed by atoms with Crippen LogP contribution in [0.25, 0.3) is 0 Å². The van der Waals surface area contributed by atoms with Crippen molar-refractivity contribution in [1.82, 2.24) is 0 Å². The van der Waals surface area contributed by atoms with E-state index < -0.39 is 0 Å². The molecule has 0 unspecified atom stereocenters. The number of fused-ring (bicyclic) bond motifs is 5. The first-order valence-electron chi connectivity index (χ1n) is 4.55. The SMILES string of the molecule is O=C1C[C@@H]2C[C@H]1[C@H]1C=CC[C@@H]21. The number of carbonyl (C=O) groups excluding carboxylic acids is 1. The van der Waals surface area contributed by atoms with E-state index in [-0.39, 0.29) is 0 Å². The summed E-state index contributed by atoms with van der Waals surface area (Å²) >= 11 is 0. The zero-order valence-electron chi connectivity index (χ0n) is 6.49. The van der Waals surface area contributed by atoms with E-state index in [2.05, 4.69) is 12.2 Å². The van der Waals surface area contributed by atoms with Crippen molar-refractivity contribution in [3.05, 3.63) is 12.2 Å². The minimum Gasteiger partial charge on any atom is -0.299 e. The van der Waals surface area contributed by atoms with Gasteiger partial charge in [0.1, 0.15) is 5.78 Å². The van der Waals surface area contributed by atoms with Gasteiger partial charge in [0, 0.05) is 12.3 Å². The first-order chi connectivity index (χ1) is 5.36. The molecule has 1 nitrogen and oxygen atoms in total. The summed E-state index contributed by atoms with van der Waals surface area (Å²) < 4.78 is 0. The third-order valence-corrected chi connectivity index (χ3v) is 3.76. The summed E-state index contributed by atoms with van der Waals surface area (Å²) in [5.41, 5.74) is 0. The van der Waals surface area contributed by atoms with Crippen LogP contribution in [0.1, 0.15) is 19.3 Å². The first kappa shape index (κ1) is 5.99. The molecule has 2 fully saturated rings. The van der Waals surface area contributed by atoms with Gasteiger partial charge in [-0.2, -0.15) is 0 Å². The number of Topliss-reactive ketones (excluding diaryl/α,β-unsaturated/α-hetero) is 1. The molecule has 11 heavy (non-hydrogen) atoms. The minimum atomic E-state index is 0.434. The maximum absolute atomic E-state index is 11.3. The van der Waals surface area contributed by atoms with Crippen molar-refractivity contribution in [2.45, 2.75) is 19.3 Å². The highest BCUT2D eigenvalue weighted by Crippen LogP contribution is 2.54. The van der Waals surface area contributed by atoms with E-state index in [4.69, 9.17) is 0 Å². The Morgan fingerprint density at radius 3 is 3.27 bits per heavy atom. The summed E-state index contributed by atoms with van der Waals surface area (Å²) in [5, 5.41) is 0. The topological polar surface area (TPSA) is 17.1 Å². The molecule has 1 heteroatoms. The molecule has 0 N–H and O–H groups in total. The van der Waals surface area contributed by atoms with E-state index in [0.717, 1.165) is 18.3 Å². The highest BCUT2D eigenvalue weighted by molar-refractivity contribution is 5.85. The average molecular weight is 148 g/mol. The van der Waals surface area contributed by atoms with E-state index in [1.54, 1.807) is 0 Å². The van der Waals surface area contributed by atoms with Gasteiger partial charge in [0.15, 0.2) is 0 Å². The van der Waals surface area contributed by atoms with Gasteiger partial charge in [-0.3, -0.25) is 4.79 Å². The normalized spacial score (nSPS) is 52.2. The molecule has 0 aliphatic heterocycles. The van der Waals surface area contributed by atoms with E-state index >= 15 is 0 Å². The Morgan fingerprint density at radius 2 is 2.36 bits per heavy atom. The molecule has 0 radical (unpaired) electrons. The Morgan fingerprint density at radius 1 is 1.45 bits per heavy atom. The molecule has 4 atom stereocenters. The van der Waals surface area contributed by atoms with E-state index in [1.165, 1.54) is 12.8 Å². The van der Waals surface area contributed by atoms with E-state index in [1.807, 2.05) is 0 Å². The lowest BCUT2D eigenvalue weighted by molar-refractivity contribution is -0.123. The van der Waals surface area contributed by atoms with Gasteiger partial charge in [0.05, 0.1) is 0 Å². The number of rotatable bonds is 0. The third kappa shape index (κ3) is 0.597. The second-order valence-corrected chi connectivity index (χ2v) is 4.18. The largest absolute Gasteiger partial charge is 0.299 e. The smallest absolute Gasteiger partial charge is 0.136 e. The second kappa shape index (κ2) is 1.77. The molecule has 0 aromatic heterocycles. The number of ketones is 1. The van der Waals surface area contributed by atoms with Crippen molar-refractivity contribution in [1.29, 1.82) is 0 Å². The third-order valence-electron chi connectivity index (χ3n) is 3.76. The Hall–Kier alpha value is -0.590. The molecule has 0 aromatic carbocycles. The van der Waals surface area contributed by atoms with E-state index in [9.17, 15) is 4.79 Å². The van der Waals surface area contributed by atoms with Gasteiger partial charge in [-0.15, -0.1) is 0 Å². The predicted molar refractivity (Wildman–Crippen MR) is 42.0 cm³/mol. The average Bonchev–Trinajstić information content (AvgIpc) is 2.52. The van der Waals surface area contributed by atoms with Gasteiger partial charge >= 0.3 is 0 Å². The highest BCUT2D eigenvalue weighted by atomic mass is 16.1. The van der Waals surface area contributed by atoms with Crippen LogP contribution in [0.3, 0.4) is 0 Å². The molecule has 3 aliphatic rings. The fraction of sp³-hybridized carbons (Fsp3) is 0.700. The molecule has 58 valence electrons. The molecule has 3 aliphatic carbocycles. The van der Waals surface area contributed by atoms with Gasteiger partial charge in [-0.25, -0.2) is 0 Å². The van der Waals surface area contributed by atoms with Crippen molar-refractivity contribution >= 4 is 5.78 Å². The molecule has 0 amide bonds. The summed E-state index contributed by atoms with van der Waals surface area (Å²) in [6.45, 7) is 0. The molecular weight excluding hydrogens is 136 g/mol. The maximum atomic E-state index is 11.3. The monoisotopic (exact) mass is 148 g/mol. The zero-order chi connectivity index (χ0) is 7.42. The van der Waals surface area contributed by atoms with Crippen molar-refractivity contribution in [3.63, 3.8) is 0 Å². The first-order valence-corrected chi connectivity index (χ1v) is 4.55. The highest BCUT2D eigenvalue weighted by Gasteiger charge is 2.51. The molecular formula is C10H12O. The number of carbonyl (C=O) groups is 1. The van der Waals surface area contributed by atoms with E-state index in [0.29, 0.717) is 17.6 Å². The van der Waals surface area contributed by atoms with Gasteiger partial charge in [-0.1, -0.05) is 12.2 Å². The van der Waals surface area contributed by atoms with Gasteiger partial charge < -0.3 is 0 Å². The predicted octanol–water partition coefficient (Wildman–Crippen LogP) is 1.79. The van der Waals surface area contributed by atoms with Crippen molar-refractivity contribution in [2.75, 3.05) is 0 Å². The van der Waals surface area contributed by atoms with Crippen LogP contribution in [0.5, 0.6) is 0 Å². The van der Waals surface area contributed by atoms with Crippen LogP contribution in [-0.2, 0) is 4.79 Å². The zero-order valence-corrected chi connectivity index (χ0v) is 6.49. The van der Waals surface area contributed by atoms with Crippen LogP contribution in [0.2, 0.25) is 0 Å². The van der Waals surface area contributed by atoms with Gasteiger partial charge in [0.2, 0.25) is 0 Å². The fourth-order valence-electron chi connectivity index (χ4n) is 3.28. The van der Waals surface area contributed by atoms with Crippen molar-refractivity contribution in [3.8, 4) is 0 Å². The van der Waals surface area contributed by atoms with Gasteiger partial charge in [-0.05, 0) is 30.6 Å². The number of hydrogen-bond donors (Lipinski definition) is 0. The van der Waals surface area contributed by atoms with Crippen LogP contribution >= 0.6 is 0 Å². The Bertz CT molecular complexity index is 241.